The number of hydrogen-bond donors (Lipinski definition) is 1. The number of morpholine rings is 1. The van der Waals surface area contributed by atoms with Crippen LogP contribution in [0.4, 0.5) is 5.82 Å². The van der Waals surface area contributed by atoms with E-state index in [4.69, 9.17) is 4.74 Å². The highest BCUT2D eigenvalue weighted by atomic mass is 79.9. The van der Waals surface area contributed by atoms with Crippen molar-refractivity contribution in [3.63, 3.8) is 0 Å². The normalized spacial score (nSPS) is 23.7. The molecule has 1 aliphatic heterocycles. The van der Waals surface area contributed by atoms with Gasteiger partial charge in [0, 0.05) is 19.0 Å². The van der Waals surface area contributed by atoms with Crippen LogP contribution in [0.5, 0.6) is 0 Å². The molecule has 6 heteroatoms. The average molecular weight is 330 g/mol. The maximum Gasteiger partial charge on any atom is 0.133 e. The Morgan fingerprint density at radius 3 is 3.00 bits per heavy atom. The molecule has 106 valence electrons. The van der Waals surface area contributed by atoms with Crippen molar-refractivity contribution in [2.24, 2.45) is 0 Å². The van der Waals surface area contributed by atoms with Crippen molar-refractivity contribution in [3.8, 4) is 0 Å². The van der Waals surface area contributed by atoms with E-state index in [0.29, 0.717) is 13.2 Å². The molecule has 0 bridgehead atoms. The average Bonchev–Trinajstić information content (AvgIpc) is 2.39. The predicted octanol–water partition coefficient (Wildman–Crippen LogP) is 1.78. The van der Waals surface area contributed by atoms with Gasteiger partial charge in [0.15, 0.2) is 0 Å². The first kappa shape index (κ1) is 14.7. The second kappa shape index (κ2) is 6.63. The Morgan fingerprint density at radius 2 is 2.32 bits per heavy atom. The molecule has 5 nitrogen and oxygen atoms in total. The van der Waals surface area contributed by atoms with Gasteiger partial charge >= 0.3 is 0 Å². The van der Waals surface area contributed by atoms with Crippen LogP contribution in [0.1, 0.15) is 26.1 Å². The molecule has 1 N–H and O–H groups in total. The van der Waals surface area contributed by atoms with Crippen LogP contribution in [0.2, 0.25) is 0 Å². The molecule has 1 aliphatic rings. The summed E-state index contributed by atoms with van der Waals surface area (Å²) in [6.07, 6.45) is 1.75. The maximum absolute atomic E-state index is 9.24. The van der Waals surface area contributed by atoms with Gasteiger partial charge in [-0.15, -0.1) is 0 Å². The first-order valence-corrected chi connectivity index (χ1v) is 7.46. The third kappa shape index (κ3) is 3.64. The summed E-state index contributed by atoms with van der Waals surface area (Å²) in [6.45, 7) is 5.52. The van der Waals surface area contributed by atoms with Gasteiger partial charge in [0.25, 0.3) is 0 Å². The Kier molecular flexibility index (Phi) is 5.13. The SMILES string of the molecule is CCCc1nc(Br)cc(N2CC(CO)OCC2C)n1. The summed E-state index contributed by atoms with van der Waals surface area (Å²) in [7, 11) is 0. The minimum atomic E-state index is -0.139. The smallest absolute Gasteiger partial charge is 0.133 e. The van der Waals surface area contributed by atoms with Crippen LogP contribution in [0.3, 0.4) is 0 Å². The summed E-state index contributed by atoms with van der Waals surface area (Å²) in [4.78, 5) is 11.2. The van der Waals surface area contributed by atoms with Crippen molar-refractivity contribution < 1.29 is 9.84 Å². The van der Waals surface area contributed by atoms with E-state index in [-0.39, 0.29) is 18.8 Å². The Hall–Kier alpha value is -0.720. The Labute approximate surface area is 122 Å². The van der Waals surface area contributed by atoms with Crippen molar-refractivity contribution in [3.05, 3.63) is 16.5 Å². The molecule has 0 saturated carbocycles. The summed E-state index contributed by atoms with van der Waals surface area (Å²) in [6, 6.07) is 2.18. The fourth-order valence-corrected chi connectivity index (χ4v) is 2.59. The fourth-order valence-electron chi connectivity index (χ4n) is 2.18. The van der Waals surface area contributed by atoms with Gasteiger partial charge in [0.05, 0.1) is 25.4 Å². The van der Waals surface area contributed by atoms with E-state index >= 15 is 0 Å². The topological polar surface area (TPSA) is 58.5 Å². The number of aliphatic hydroxyl groups excluding tert-OH is 1. The molecule has 0 radical (unpaired) electrons. The molecule has 2 atom stereocenters. The van der Waals surface area contributed by atoms with E-state index in [0.717, 1.165) is 29.1 Å². The van der Waals surface area contributed by atoms with E-state index in [9.17, 15) is 5.11 Å². The lowest BCUT2D eigenvalue weighted by molar-refractivity contribution is -0.0106. The first-order chi connectivity index (χ1) is 9.13. The number of ether oxygens (including phenoxy) is 1. The second-order valence-corrected chi connectivity index (χ2v) is 5.67. The van der Waals surface area contributed by atoms with Gasteiger partial charge in [0.2, 0.25) is 0 Å². The number of nitrogens with zero attached hydrogens (tertiary/aromatic N) is 3. The molecule has 19 heavy (non-hydrogen) atoms. The third-order valence-corrected chi connectivity index (χ3v) is 3.61. The van der Waals surface area contributed by atoms with Gasteiger partial charge in [0.1, 0.15) is 16.2 Å². The minimum Gasteiger partial charge on any atom is -0.394 e. The summed E-state index contributed by atoms with van der Waals surface area (Å²) in [5.74, 6) is 1.76. The largest absolute Gasteiger partial charge is 0.394 e. The number of aryl methyl sites for hydroxylation is 1. The molecule has 2 heterocycles. The summed E-state index contributed by atoms with van der Waals surface area (Å²) >= 11 is 3.44. The highest BCUT2D eigenvalue weighted by molar-refractivity contribution is 9.10. The Bertz CT molecular complexity index is 430. The number of aromatic nitrogens is 2. The molecule has 0 amide bonds. The van der Waals surface area contributed by atoms with E-state index in [2.05, 4.69) is 44.6 Å². The van der Waals surface area contributed by atoms with Crippen LogP contribution < -0.4 is 4.90 Å². The Balaban J connectivity index is 2.23. The quantitative estimate of drug-likeness (QED) is 0.853. The van der Waals surface area contributed by atoms with Gasteiger partial charge < -0.3 is 14.7 Å². The molecule has 2 unspecified atom stereocenters. The van der Waals surface area contributed by atoms with Gasteiger partial charge in [-0.05, 0) is 29.3 Å². The highest BCUT2D eigenvalue weighted by Gasteiger charge is 2.27. The summed E-state index contributed by atoms with van der Waals surface area (Å²) < 4.78 is 6.36. The predicted molar refractivity (Wildman–Crippen MR) is 77.4 cm³/mol. The number of anilines is 1. The molecule has 0 spiro atoms. The highest BCUT2D eigenvalue weighted by Crippen LogP contribution is 2.22. The van der Waals surface area contributed by atoms with Crippen molar-refractivity contribution >= 4 is 21.7 Å². The fraction of sp³-hybridized carbons (Fsp3) is 0.692. The molecule has 1 aromatic rings. The van der Waals surface area contributed by atoms with E-state index in [1.165, 1.54) is 0 Å². The van der Waals surface area contributed by atoms with Crippen LogP contribution >= 0.6 is 15.9 Å². The van der Waals surface area contributed by atoms with E-state index in [1.54, 1.807) is 0 Å². The van der Waals surface area contributed by atoms with Crippen LogP contribution in [-0.2, 0) is 11.2 Å². The lowest BCUT2D eigenvalue weighted by atomic mass is 10.2. The van der Waals surface area contributed by atoms with Gasteiger partial charge in [-0.3, -0.25) is 0 Å². The number of rotatable bonds is 4. The first-order valence-electron chi connectivity index (χ1n) is 6.66. The maximum atomic E-state index is 9.24. The standard InChI is InChI=1S/C13H20BrN3O2/c1-3-4-12-15-11(14)5-13(16-12)17-6-10(7-18)19-8-9(17)2/h5,9-10,18H,3-4,6-8H2,1-2H3. The van der Waals surface area contributed by atoms with Crippen LogP contribution in [0, 0.1) is 0 Å². The summed E-state index contributed by atoms with van der Waals surface area (Å²) in [5, 5.41) is 9.24. The molecular formula is C13H20BrN3O2. The molecule has 2 rings (SSSR count). The van der Waals surface area contributed by atoms with Gasteiger partial charge in [-0.25, -0.2) is 9.97 Å². The van der Waals surface area contributed by atoms with Crippen LogP contribution in [-0.4, -0.2) is 47.0 Å². The third-order valence-electron chi connectivity index (χ3n) is 3.20. The zero-order valence-corrected chi connectivity index (χ0v) is 12.9. The minimum absolute atomic E-state index is 0.0390. The van der Waals surface area contributed by atoms with E-state index < -0.39 is 0 Å². The Morgan fingerprint density at radius 1 is 1.53 bits per heavy atom. The second-order valence-electron chi connectivity index (χ2n) is 4.85. The summed E-state index contributed by atoms with van der Waals surface area (Å²) in [5.41, 5.74) is 0. The van der Waals surface area contributed by atoms with E-state index in [1.807, 2.05) is 6.07 Å². The van der Waals surface area contributed by atoms with Crippen molar-refractivity contribution in [1.82, 2.24) is 9.97 Å². The lowest BCUT2D eigenvalue weighted by Crippen LogP contribution is -2.50. The number of hydrogen-bond acceptors (Lipinski definition) is 5. The number of halogens is 1. The van der Waals surface area contributed by atoms with Gasteiger partial charge in [-0.1, -0.05) is 6.92 Å². The zero-order valence-electron chi connectivity index (χ0n) is 11.3. The zero-order chi connectivity index (χ0) is 13.8. The van der Waals surface area contributed by atoms with Crippen LogP contribution in [0.25, 0.3) is 0 Å². The molecule has 1 fully saturated rings. The lowest BCUT2D eigenvalue weighted by Gasteiger charge is -2.38. The monoisotopic (exact) mass is 329 g/mol. The molecular weight excluding hydrogens is 310 g/mol. The molecule has 0 aromatic carbocycles. The molecule has 1 saturated heterocycles. The van der Waals surface area contributed by atoms with Crippen molar-refractivity contribution in [2.75, 3.05) is 24.7 Å². The number of aliphatic hydroxyl groups is 1. The molecule has 1 aromatic heterocycles. The molecule has 0 aliphatic carbocycles. The van der Waals surface area contributed by atoms with Crippen molar-refractivity contribution in [1.29, 1.82) is 0 Å². The van der Waals surface area contributed by atoms with Crippen molar-refractivity contribution in [2.45, 2.75) is 38.8 Å². The van der Waals surface area contributed by atoms with Gasteiger partial charge in [-0.2, -0.15) is 0 Å². The van der Waals surface area contributed by atoms with Crippen LogP contribution in [0.15, 0.2) is 10.7 Å².